The van der Waals surface area contributed by atoms with Gasteiger partial charge in [0.1, 0.15) is 12.7 Å². The van der Waals surface area contributed by atoms with Crippen molar-refractivity contribution in [2.45, 2.75) is 40.7 Å². The minimum atomic E-state index is -0.288. The van der Waals surface area contributed by atoms with E-state index >= 15 is 0 Å². The summed E-state index contributed by atoms with van der Waals surface area (Å²) < 4.78 is 5.10. The van der Waals surface area contributed by atoms with E-state index in [1.165, 1.54) is 11.1 Å². The van der Waals surface area contributed by atoms with Gasteiger partial charge >= 0.3 is 0 Å². The smallest absolute Gasteiger partial charge is 0.258 e. The number of ether oxygens (including phenoxy) is 1. The summed E-state index contributed by atoms with van der Waals surface area (Å²) in [6.45, 7) is 11.6. The van der Waals surface area contributed by atoms with E-state index in [1.807, 2.05) is 0 Å². The van der Waals surface area contributed by atoms with E-state index in [4.69, 9.17) is 9.57 Å². The molecule has 0 aromatic carbocycles. The topological polar surface area (TPSA) is 59.1 Å². The van der Waals surface area contributed by atoms with Crippen LogP contribution in [0.1, 0.15) is 34.6 Å². The molecule has 5 heteroatoms. The van der Waals surface area contributed by atoms with Gasteiger partial charge in [-0.25, -0.2) is 0 Å². The number of epoxide rings is 1. The van der Waals surface area contributed by atoms with Crippen molar-refractivity contribution >= 4 is 11.8 Å². The van der Waals surface area contributed by atoms with Gasteiger partial charge in [0.05, 0.1) is 18.4 Å². The fourth-order valence-electron chi connectivity index (χ4n) is 5.39. The molecule has 4 aliphatic rings. The molecule has 0 radical (unpaired) electrons. The fourth-order valence-corrected chi connectivity index (χ4v) is 5.39. The number of rotatable bonds is 3. The summed E-state index contributed by atoms with van der Waals surface area (Å²) in [7, 11) is 0. The van der Waals surface area contributed by atoms with E-state index in [0.29, 0.717) is 6.61 Å². The highest BCUT2D eigenvalue weighted by molar-refractivity contribution is 6.06. The number of allylic oxidation sites excluding steroid dienone is 2. The van der Waals surface area contributed by atoms with Crippen molar-refractivity contribution in [3.05, 3.63) is 11.1 Å². The minimum absolute atomic E-state index is 0.0319. The lowest BCUT2D eigenvalue weighted by Crippen LogP contribution is -2.39. The normalized spacial score (nSPS) is 49.4. The summed E-state index contributed by atoms with van der Waals surface area (Å²) in [5, 5.41) is 1.03. The molecule has 5 nitrogen and oxygen atoms in total. The Balaban J connectivity index is 1.73. The van der Waals surface area contributed by atoms with Crippen LogP contribution >= 0.6 is 0 Å². The van der Waals surface area contributed by atoms with Crippen LogP contribution in [-0.2, 0) is 19.2 Å². The van der Waals surface area contributed by atoms with Gasteiger partial charge in [0.2, 0.25) is 0 Å². The molecule has 22 heavy (non-hydrogen) atoms. The van der Waals surface area contributed by atoms with Gasteiger partial charge in [0, 0.05) is 10.8 Å². The molecule has 0 spiro atoms. The summed E-state index contributed by atoms with van der Waals surface area (Å²) in [6, 6.07) is 0. The van der Waals surface area contributed by atoms with Crippen molar-refractivity contribution < 1.29 is 19.2 Å². The molecule has 0 N–H and O–H groups in total. The molecule has 2 saturated heterocycles. The molecule has 2 bridgehead atoms. The second-order valence-corrected chi connectivity index (χ2v) is 7.71. The standard InChI is InChI=1S/C17H23NO4/c1-8-9(2)17(5)10(3)16(8,4)12-13(17)15(20)18(14(12)19)22-7-11-6-21-11/h10-13H,6-7H2,1-5H3. The lowest BCUT2D eigenvalue weighted by Gasteiger charge is -2.34. The number of hydrogen-bond acceptors (Lipinski definition) is 4. The molecule has 120 valence electrons. The van der Waals surface area contributed by atoms with Crippen LogP contribution in [-0.4, -0.2) is 36.2 Å². The average molecular weight is 305 g/mol. The van der Waals surface area contributed by atoms with Crippen LogP contribution in [0.4, 0.5) is 0 Å². The monoisotopic (exact) mass is 305 g/mol. The number of imide groups is 1. The molecule has 1 saturated carbocycles. The Morgan fingerprint density at radius 2 is 1.59 bits per heavy atom. The first kappa shape index (κ1) is 14.4. The molecule has 5 atom stereocenters. The number of hydroxylamine groups is 2. The number of hydrogen-bond donors (Lipinski definition) is 0. The van der Waals surface area contributed by atoms with Crippen LogP contribution in [0.25, 0.3) is 0 Å². The van der Waals surface area contributed by atoms with Crippen molar-refractivity contribution in [1.82, 2.24) is 5.06 Å². The lowest BCUT2D eigenvalue weighted by atomic mass is 9.66. The van der Waals surface area contributed by atoms with Crippen molar-refractivity contribution in [3.63, 3.8) is 0 Å². The predicted octanol–water partition coefficient (Wildman–Crippen LogP) is 1.93. The summed E-state index contributed by atoms with van der Waals surface area (Å²) in [6.07, 6.45) is 0.0319. The lowest BCUT2D eigenvalue weighted by molar-refractivity contribution is -0.192. The van der Waals surface area contributed by atoms with Gasteiger partial charge in [-0.05, 0) is 19.8 Å². The number of nitrogens with zero attached hydrogens (tertiary/aromatic N) is 1. The molecule has 2 aliphatic carbocycles. The molecule has 2 heterocycles. The van der Waals surface area contributed by atoms with Crippen LogP contribution in [0.2, 0.25) is 0 Å². The molecule has 3 fully saturated rings. The minimum Gasteiger partial charge on any atom is -0.371 e. The van der Waals surface area contributed by atoms with Gasteiger partial charge in [-0.1, -0.05) is 31.9 Å². The van der Waals surface area contributed by atoms with Crippen molar-refractivity contribution in [2.24, 2.45) is 28.6 Å². The summed E-state index contributed by atoms with van der Waals surface area (Å²) >= 11 is 0. The Labute approximate surface area is 130 Å². The van der Waals surface area contributed by atoms with Gasteiger partial charge in [-0.3, -0.25) is 14.4 Å². The molecule has 5 unspecified atom stereocenters. The van der Waals surface area contributed by atoms with E-state index in [-0.39, 0.29) is 53.1 Å². The SMILES string of the molecule is CC1=C(C)C2(C)C3C(=O)N(OCC4CO4)C(=O)C3C1(C)C2C. The molecule has 4 rings (SSSR count). The van der Waals surface area contributed by atoms with E-state index in [2.05, 4.69) is 34.6 Å². The first-order valence-electron chi connectivity index (χ1n) is 8.06. The van der Waals surface area contributed by atoms with E-state index < -0.39 is 0 Å². The van der Waals surface area contributed by atoms with E-state index in [1.54, 1.807) is 0 Å². The van der Waals surface area contributed by atoms with E-state index in [9.17, 15) is 9.59 Å². The van der Waals surface area contributed by atoms with Crippen LogP contribution < -0.4 is 0 Å². The highest BCUT2D eigenvalue weighted by Crippen LogP contribution is 2.74. The Morgan fingerprint density at radius 1 is 1.14 bits per heavy atom. The zero-order chi connectivity index (χ0) is 16.0. The molecule has 2 aliphatic heterocycles. The molecular formula is C17H23NO4. The highest BCUT2D eigenvalue weighted by atomic mass is 16.7. The van der Waals surface area contributed by atoms with Gasteiger partial charge in [-0.15, -0.1) is 0 Å². The third-order valence-electron chi connectivity index (χ3n) is 7.33. The molecule has 0 aromatic heterocycles. The highest BCUT2D eigenvalue weighted by Gasteiger charge is 2.75. The Kier molecular flexibility index (Phi) is 2.62. The summed E-state index contributed by atoms with van der Waals surface area (Å²) in [4.78, 5) is 31.3. The predicted molar refractivity (Wildman–Crippen MR) is 78.3 cm³/mol. The Hall–Kier alpha value is -1.20. The summed E-state index contributed by atoms with van der Waals surface area (Å²) in [5.74, 6) is -0.620. The number of carbonyl (C=O) groups is 2. The number of carbonyl (C=O) groups excluding carboxylic acids is 2. The zero-order valence-corrected chi connectivity index (χ0v) is 13.8. The maximum atomic E-state index is 12.9. The van der Waals surface area contributed by atoms with Gasteiger partial charge < -0.3 is 4.74 Å². The van der Waals surface area contributed by atoms with Gasteiger partial charge in [0.15, 0.2) is 0 Å². The maximum absolute atomic E-state index is 12.9. The van der Waals surface area contributed by atoms with Gasteiger partial charge in [-0.2, -0.15) is 5.06 Å². The summed E-state index contributed by atoms with van der Waals surface area (Å²) in [5.41, 5.74) is 2.06. The quantitative estimate of drug-likeness (QED) is 0.454. The second-order valence-electron chi connectivity index (χ2n) is 7.71. The van der Waals surface area contributed by atoms with Crippen LogP contribution in [0.15, 0.2) is 11.1 Å². The van der Waals surface area contributed by atoms with E-state index in [0.717, 1.165) is 5.06 Å². The van der Waals surface area contributed by atoms with Gasteiger partial charge in [0.25, 0.3) is 11.8 Å². The largest absolute Gasteiger partial charge is 0.371 e. The molecule has 0 aromatic rings. The first-order valence-corrected chi connectivity index (χ1v) is 8.06. The second kappa shape index (κ2) is 4.01. The molecule has 2 amide bonds. The van der Waals surface area contributed by atoms with Crippen molar-refractivity contribution in [3.8, 4) is 0 Å². The number of amides is 2. The van der Waals surface area contributed by atoms with Crippen LogP contribution in [0, 0.1) is 28.6 Å². The zero-order valence-electron chi connectivity index (χ0n) is 13.8. The Bertz CT molecular complexity index is 578. The third kappa shape index (κ3) is 1.33. The van der Waals surface area contributed by atoms with Crippen LogP contribution in [0.5, 0.6) is 0 Å². The van der Waals surface area contributed by atoms with Crippen molar-refractivity contribution in [2.75, 3.05) is 13.2 Å². The Morgan fingerprint density at radius 3 is 2.00 bits per heavy atom. The fraction of sp³-hybridized carbons (Fsp3) is 0.765. The average Bonchev–Trinajstić information content (AvgIpc) is 3.22. The molecular weight excluding hydrogens is 282 g/mol. The van der Waals surface area contributed by atoms with Crippen LogP contribution in [0.3, 0.4) is 0 Å². The number of fused-ring (bicyclic) bond motifs is 5. The maximum Gasteiger partial charge on any atom is 0.258 e. The van der Waals surface area contributed by atoms with Crippen molar-refractivity contribution in [1.29, 1.82) is 0 Å². The first-order chi connectivity index (χ1) is 10.3. The third-order valence-corrected chi connectivity index (χ3v) is 7.33.